The van der Waals surface area contributed by atoms with E-state index in [0.29, 0.717) is 0 Å². The Bertz CT molecular complexity index is 915. The molecule has 0 atom stereocenters. The van der Waals surface area contributed by atoms with E-state index >= 15 is 0 Å². The van der Waals surface area contributed by atoms with Crippen LogP contribution in [0.3, 0.4) is 0 Å². The van der Waals surface area contributed by atoms with Gasteiger partial charge in [-0.2, -0.15) is 8.42 Å². The molecule has 0 fully saturated rings. The summed E-state index contributed by atoms with van der Waals surface area (Å²) in [6.07, 6.45) is 0. The van der Waals surface area contributed by atoms with E-state index in [4.69, 9.17) is 10.3 Å². The van der Waals surface area contributed by atoms with Gasteiger partial charge in [0, 0.05) is 16.7 Å². The van der Waals surface area contributed by atoms with Crippen LogP contribution in [0.4, 0.5) is 5.69 Å². The second kappa shape index (κ2) is 4.24. The Morgan fingerprint density at radius 1 is 1.05 bits per heavy atom. The quantitative estimate of drug-likeness (QED) is 0.513. The number of hydrogen-bond acceptors (Lipinski definition) is 5. The topological polar surface area (TPSA) is 115 Å². The van der Waals surface area contributed by atoms with Gasteiger partial charge in [0.2, 0.25) is 0 Å². The Balaban J connectivity index is 2.37. The number of rotatable bonds is 1. The number of carbonyl (C=O) groups excluding carboxylic acids is 2. The molecule has 2 aromatic carbocycles. The molecule has 0 aliphatic heterocycles. The molecule has 21 heavy (non-hydrogen) atoms. The number of anilines is 1. The van der Waals surface area contributed by atoms with Crippen molar-refractivity contribution in [3.63, 3.8) is 0 Å². The van der Waals surface area contributed by atoms with E-state index in [-0.39, 0.29) is 22.3 Å². The Morgan fingerprint density at radius 2 is 1.62 bits per heavy atom. The Morgan fingerprint density at radius 3 is 2.19 bits per heavy atom. The molecule has 6 nitrogen and oxygen atoms in total. The second-order valence-corrected chi connectivity index (χ2v) is 5.89. The van der Waals surface area contributed by atoms with Crippen LogP contribution in [-0.4, -0.2) is 24.5 Å². The smallest absolute Gasteiger partial charge is 0.296 e. The fourth-order valence-corrected chi connectivity index (χ4v) is 2.91. The van der Waals surface area contributed by atoms with E-state index in [0.717, 1.165) is 6.07 Å². The number of carbonyl (C=O) groups is 2. The maximum absolute atomic E-state index is 12.4. The summed E-state index contributed by atoms with van der Waals surface area (Å²) >= 11 is 0. The van der Waals surface area contributed by atoms with Crippen LogP contribution in [0.2, 0.25) is 0 Å². The molecule has 105 valence electrons. The van der Waals surface area contributed by atoms with Crippen LogP contribution in [0.5, 0.6) is 0 Å². The van der Waals surface area contributed by atoms with Gasteiger partial charge < -0.3 is 5.73 Å². The first kappa shape index (κ1) is 13.5. The van der Waals surface area contributed by atoms with Gasteiger partial charge in [-0.1, -0.05) is 24.3 Å². The Labute approximate surface area is 120 Å². The van der Waals surface area contributed by atoms with E-state index in [1.54, 1.807) is 12.1 Å². The van der Waals surface area contributed by atoms with Crippen LogP contribution in [-0.2, 0) is 10.1 Å². The zero-order chi connectivity index (χ0) is 15.4. The van der Waals surface area contributed by atoms with Crippen molar-refractivity contribution in [2.75, 3.05) is 5.73 Å². The number of hydrogen-bond donors (Lipinski definition) is 2. The van der Waals surface area contributed by atoms with Gasteiger partial charge in [0.1, 0.15) is 4.90 Å². The van der Waals surface area contributed by atoms with Gasteiger partial charge >= 0.3 is 0 Å². The molecule has 2 aromatic rings. The lowest BCUT2D eigenvalue weighted by Gasteiger charge is -2.19. The maximum atomic E-state index is 12.4. The first-order chi connectivity index (χ1) is 9.82. The van der Waals surface area contributed by atoms with Gasteiger partial charge in [-0.3, -0.25) is 14.1 Å². The van der Waals surface area contributed by atoms with Crippen LogP contribution in [0.1, 0.15) is 31.8 Å². The minimum absolute atomic E-state index is 0.0939. The van der Waals surface area contributed by atoms with Gasteiger partial charge in [0.15, 0.2) is 11.6 Å². The van der Waals surface area contributed by atoms with Crippen LogP contribution >= 0.6 is 0 Å². The van der Waals surface area contributed by atoms with Crippen molar-refractivity contribution >= 4 is 27.4 Å². The zero-order valence-electron chi connectivity index (χ0n) is 10.5. The van der Waals surface area contributed by atoms with Crippen molar-refractivity contribution in [3.8, 4) is 0 Å². The summed E-state index contributed by atoms with van der Waals surface area (Å²) in [5.41, 5.74) is 5.24. The third kappa shape index (κ3) is 1.86. The molecule has 3 N–H and O–H groups in total. The van der Waals surface area contributed by atoms with Crippen molar-refractivity contribution in [3.05, 3.63) is 58.7 Å². The maximum Gasteiger partial charge on any atom is 0.296 e. The number of nitrogen functional groups attached to an aromatic ring is 1. The molecule has 1 aliphatic rings. The number of benzene rings is 2. The molecule has 3 rings (SSSR count). The first-order valence-corrected chi connectivity index (χ1v) is 7.26. The number of fused-ring (bicyclic) bond motifs is 2. The second-order valence-electron chi connectivity index (χ2n) is 4.50. The highest BCUT2D eigenvalue weighted by Crippen LogP contribution is 2.33. The molecule has 0 saturated carbocycles. The van der Waals surface area contributed by atoms with Crippen molar-refractivity contribution in [2.24, 2.45) is 0 Å². The molecule has 0 amide bonds. The highest BCUT2D eigenvalue weighted by molar-refractivity contribution is 7.86. The van der Waals surface area contributed by atoms with Gasteiger partial charge in [-0.25, -0.2) is 0 Å². The average molecular weight is 302 g/mol. The standard InChI is InChI=1S/C14H8NO5S/c15-12-10(21(18,19)20)6-5-9-11(12)14(17)8-4-2-1-3-7(8)13(9)16/h1-4,6H,15H2,(H,18,19,20). The lowest BCUT2D eigenvalue weighted by molar-refractivity contribution is 0.0979. The SMILES string of the molecule is Nc1c(S(=O)(=O)O)c[c]c2c1C(=O)c1ccccc1C2=O. The number of ketones is 2. The lowest BCUT2D eigenvalue weighted by Crippen LogP contribution is -2.23. The predicted molar refractivity (Wildman–Crippen MR) is 72.8 cm³/mol. The fourth-order valence-electron chi connectivity index (χ4n) is 2.32. The molecule has 7 heteroatoms. The van der Waals surface area contributed by atoms with Crippen LogP contribution in [0.25, 0.3) is 0 Å². The first-order valence-electron chi connectivity index (χ1n) is 5.82. The summed E-state index contributed by atoms with van der Waals surface area (Å²) in [4.78, 5) is 24.1. The average Bonchev–Trinajstić information content (AvgIpc) is 2.43. The molecule has 0 bridgehead atoms. The summed E-state index contributed by atoms with van der Waals surface area (Å²) in [6, 6.07) is 9.48. The molecule has 0 aromatic heterocycles. The van der Waals surface area contributed by atoms with E-state index in [9.17, 15) is 18.0 Å². The van der Waals surface area contributed by atoms with Crippen LogP contribution in [0, 0.1) is 6.07 Å². The van der Waals surface area contributed by atoms with Crippen molar-refractivity contribution in [2.45, 2.75) is 4.90 Å². The highest BCUT2D eigenvalue weighted by atomic mass is 32.2. The molecule has 0 spiro atoms. The predicted octanol–water partition coefficient (Wildman–Crippen LogP) is 1.09. The monoisotopic (exact) mass is 302 g/mol. The summed E-state index contributed by atoms with van der Waals surface area (Å²) in [5, 5.41) is 0. The fraction of sp³-hybridized carbons (Fsp3) is 0. The zero-order valence-corrected chi connectivity index (χ0v) is 11.3. The highest BCUT2D eigenvalue weighted by Gasteiger charge is 2.33. The van der Waals surface area contributed by atoms with Gasteiger partial charge in [-0.05, 0) is 12.1 Å². The summed E-state index contributed by atoms with van der Waals surface area (Å²) in [6.45, 7) is 0. The Kier molecular flexibility index (Phi) is 2.72. The number of nitrogens with two attached hydrogens (primary N) is 1. The molecular formula is C14H8NO5S. The third-order valence-electron chi connectivity index (χ3n) is 3.28. The molecule has 1 radical (unpaired) electrons. The van der Waals surface area contributed by atoms with Gasteiger partial charge in [0.05, 0.1) is 11.3 Å². The third-order valence-corrected chi connectivity index (χ3v) is 4.17. The normalized spacial score (nSPS) is 13.8. The van der Waals surface area contributed by atoms with Crippen molar-refractivity contribution in [1.29, 1.82) is 0 Å². The summed E-state index contributed by atoms with van der Waals surface area (Å²) in [7, 11) is -4.61. The summed E-state index contributed by atoms with van der Waals surface area (Å²) in [5.74, 6) is -1.03. The largest absolute Gasteiger partial charge is 0.397 e. The van der Waals surface area contributed by atoms with Crippen LogP contribution in [0.15, 0.2) is 35.2 Å². The van der Waals surface area contributed by atoms with E-state index < -0.39 is 32.3 Å². The molecule has 0 saturated heterocycles. The Hall–Kier alpha value is -2.51. The molecule has 0 unspecified atom stereocenters. The summed E-state index contributed by atoms with van der Waals surface area (Å²) < 4.78 is 31.6. The van der Waals surface area contributed by atoms with E-state index in [1.807, 2.05) is 0 Å². The minimum atomic E-state index is -4.61. The molecule has 0 heterocycles. The minimum Gasteiger partial charge on any atom is -0.397 e. The van der Waals surface area contributed by atoms with E-state index in [1.165, 1.54) is 12.1 Å². The van der Waals surface area contributed by atoms with Crippen molar-refractivity contribution in [1.82, 2.24) is 0 Å². The van der Waals surface area contributed by atoms with Crippen LogP contribution < -0.4 is 5.73 Å². The van der Waals surface area contributed by atoms with Crippen molar-refractivity contribution < 1.29 is 22.6 Å². The molecule has 1 aliphatic carbocycles. The van der Waals surface area contributed by atoms with Gasteiger partial charge in [-0.15, -0.1) is 0 Å². The molecular weight excluding hydrogens is 294 g/mol. The van der Waals surface area contributed by atoms with E-state index in [2.05, 4.69) is 6.07 Å². The lowest BCUT2D eigenvalue weighted by atomic mass is 9.83. The van der Waals surface area contributed by atoms with Gasteiger partial charge in [0.25, 0.3) is 10.1 Å².